The van der Waals surface area contributed by atoms with E-state index in [4.69, 9.17) is 10.2 Å². The highest BCUT2D eigenvalue weighted by atomic mass is 16.3. The van der Waals surface area contributed by atoms with Gasteiger partial charge in [-0.2, -0.15) is 0 Å². The number of aliphatic hydroxyl groups is 2. The summed E-state index contributed by atoms with van der Waals surface area (Å²) in [4.78, 5) is 9.69. The molecule has 4 N–H and O–H groups in total. The van der Waals surface area contributed by atoms with Crippen LogP contribution in [0.4, 0.5) is 0 Å². The normalized spacial score (nSPS) is 23.6. The van der Waals surface area contributed by atoms with Gasteiger partial charge in [0.25, 0.3) is 0 Å². The molecule has 0 bridgehead atoms. The minimum absolute atomic E-state index is 0.0266. The Hall–Kier alpha value is -0.760. The van der Waals surface area contributed by atoms with Crippen molar-refractivity contribution in [1.82, 2.24) is 15.9 Å². The first-order valence-corrected chi connectivity index (χ1v) is 6.12. The SMILES string of the molecule is O=NNN1CCC(O)CC1.OC1CCNCC1. The smallest absolute Gasteiger partial charge is 0.0658 e. The van der Waals surface area contributed by atoms with Crippen LogP contribution in [0.1, 0.15) is 25.7 Å². The number of nitroso groups, excluding NO2 is 1. The minimum atomic E-state index is -0.204. The summed E-state index contributed by atoms with van der Waals surface area (Å²) in [5.41, 5.74) is 2.30. The molecular formula is C10H22N4O3. The number of nitrogens with one attached hydrogen (secondary N) is 2. The summed E-state index contributed by atoms with van der Waals surface area (Å²) in [6, 6.07) is 0. The van der Waals surface area contributed by atoms with Crippen molar-refractivity contribution in [3.63, 3.8) is 0 Å². The Kier molecular flexibility index (Phi) is 7.02. The number of aliphatic hydroxyl groups excluding tert-OH is 2. The molecule has 0 aliphatic carbocycles. The van der Waals surface area contributed by atoms with E-state index in [0.717, 1.165) is 25.9 Å². The van der Waals surface area contributed by atoms with Crippen LogP contribution in [0.2, 0.25) is 0 Å². The van der Waals surface area contributed by atoms with E-state index >= 15 is 0 Å². The van der Waals surface area contributed by atoms with E-state index in [1.165, 1.54) is 0 Å². The third-order valence-electron chi connectivity index (χ3n) is 2.96. The third kappa shape index (κ3) is 6.52. The maximum Gasteiger partial charge on any atom is 0.0658 e. The van der Waals surface area contributed by atoms with Crippen molar-refractivity contribution in [2.45, 2.75) is 37.9 Å². The summed E-state index contributed by atoms with van der Waals surface area (Å²) >= 11 is 0. The molecule has 0 aromatic rings. The first kappa shape index (κ1) is 14.3. The van der Waals surface area contributed by atoms with Gasteiger partial charge < -0.3 is 15.5 Å². The molecule has 2 fully saturated rings. The molecule has 7 heteroatoms. The Balaban J connectivity index is 0.000000181. The van der Waals surface area contributed by atoms with Gasteiger partial charge in [0.15, 0.2) is 0 Å². The highest BCUT2D eigenvalue weighted by Gasteiger charge is 2.15. The Morgan fingerprint density at radius 3 is 2.00 bits per heavy atom. The Morgan fingerprint density at radius 1 is 1.06 bits per heavy atom. The molecule has 2 aliphatic heterocycles. The lowest BCUT2D eigenvalue weighted by Crippen LogP contribution is -2.42. The van der Waals surface area contributed by atoms with Crippen LogP contribution in [-0.4, -0.2) is 53.6 Å². The predicted molar refractivity (Wildman–Crippen MR) is 63.9 cm³/mol. The molecule has 100 valence electrons. The van der Waals surface area contributed by atoms with E-state index in [1.807, 2.05) is 0 Å². The molecule has 0 unspecified atom stereocenters. The molecule has 0 aromatic heterocycles. The van der Waals surface area contributed by atoms with E-state index in [1.54, 1.807) is 5.01 Å². The van der Waals surface area contributed by atoms with Gasteiger partial charge in [-0.15, -0.1) is 4.91 Å². The third-order valence-corrected chi connectivity index (χ3v) is 2.96. The van der Waals surface area contributed by atoms with Gasteiger partial charge in [0.1, 0.15) is 0 Å². The van der Waals surface area contributed by atoms with Gasteiger partial charge in [-0.1, -0.05) is 0 Å². The second kappa shape index (κ2) is 8.35. The molecule has 0 atom stereocenters. The van der Waals surface area contributed by atoms with E-state index in [2.05, 4.69) is 16.1 Å². The zero-order chi connectivity index (χ0) is 12.5. The summed E-state index contributed by atoms with van der Waals surface area (Å²) in [6.45, 7) is 3.35. The zero-order valence-electron chi connectivity index (χ0n) is 10.0. The fourth-order valence-electron chi connectivity index (χ4n) is 1.83. The monoisotopic (exact) mass is 246 g/mol. The van der Waals surface area contributed by atoms with E-state index in [0.29, 0.717) is 25.9 Å². The number of piperidine rings is 2. The van der Waals surface area contributed by atoms with Crippen molar-refractivity contribution in [2.24, 2.45) is 5.29 Å². The van der Waals surface area contributed by atoms with Crippen LogP contribution in [0.25, 0.3) is 0 Å². The summed E-state index contributed by atoms with van der Waals surface area (Å²) in [5.74, 6) is 0. The van der Waals surface area contributed by atoms with Gasteiger partial charge in [0.2, 0.25) is 0 Å². The van der Waals surface area contributed by atoms with Gasteiger partial charge in [-0.05, 0) is 38.8 Å². The highest BCUT2D eigenvalue weighted by molar-refractivity contribution is 4.67. The lowest BCUT2D eigenvalue weighted by Gasteiger charge is -2.26. The molecule has 0 saturated carbocycles. The quantitative estimate of drug-likeness (QED) is 0.382. The van der Waals surface area contributed by atoms with Crippen molar-refractivity contribution in [3.8, 4) is 0 Å². The van der Waals surface area contributed by atoms with Gasteiger partial charge >= 0.3 is 0 Å². The van der Waals surface area contributed by atoms with Gasteiger partial charge in [0, 0.05) is 13.1 Å². The first-order chi connectivity index (χ1) is 8.22. The fraction of sp³-hybridized carbons (Fsp3) is 1.00. The van der Waals surface area contributed by atoms with E-state index in [9.17, 15) is 4.91 Å². The molecule has 2 saturated heterocycles. The van der Waals surface area contributed by atoms with Crippen molar-refractivity contribution in [3.05, 3.63) is 4.91 Å². The molecule has 0 aromatic carbocycles. The van der Waals surface area contributed by atoms with Crippen LogP contribution in [-0.2, 0) is 0 Å². The van der Waals surface area contributed by atoms with Crippen LogP contribution in [0, 0.1) is 4.91 Å². The van der Waals surface area contributed by atoms with E-state index in [-0.39, 0.29) is 12.2 Å². The van der Waals surface area contributed by atoms with Crippen molar-refractivity contribution in [2.75, 3.05) is 26.2 Å². The second-order valence-corrected chi connectivity index (χ2v) is 4.39. The number of rotatable bonds is 2. The second-order valence-electron chi connectivity index (χ2n) is 4.39. The van der Waals surface area contributed by atoms with Crippen LogP contribution in [0.3, 0.4) is 0 Å². The van der Waals surface area contributed by atoms with Crippen molar-refractivity contribution < 1.29 is 10.2 Å². The summed E-state index contributed by atoms with van der Waals surface area (Å²) < 4.78 is 0. The summed E-state index contributed by atoms with van der Waals surface area (Å²) in [6.07, 6.45) is 3.05. The molecule has 0 amide bonds. The molecule has 2 heterocycles. The van der Waals surface area contributed by atoms with Gasteiger partial charge in [-0.3, -0.25) is 0 Å². The molecule has 7 nitrogen and oxygen atoms in total. The maximum atomic E-state index is 9.69. The number of hydrazine groups is 1. The predicted octanol–water partition coefficient (Wildman–Crippen LogP) is -0.640. The minimum Gasteiger partial charge on any atom is -0.393 e. The molecule has 2 rings (SSSR count). The lowest BCUT2D eigenvalue weighted by atomic mass is 10.1. The van der Waals surface area contributed by atoms with Gasteiger partial charge in [-0.25, -0.2) is 10.5 Å². The Labute approximate surface area is 101 Å². The zero-order valence-corrected chi connectivity index (χ0v) is 10.0. The lowest BCUT2D eigenvalue weighted by molar-refractivity contribution is 0.0565. The molecule has 0 radical (unpaired) electrons. The fourth-order valence-corrected chi connectivity index (χ4v) is 1.83. The molecular weight excluding hydrogens is 224 g/mol. The largest absolute Gasteiger partial charge is 0.393 e. The van der Waals surface area contributed by atoms with Crippen LogP contribution in [0.5, 0.6) is 0 Å². The Morgan fingerprint density at radius 2 is 1.59 bits per heavy atom. The summed E-state index contributed by atoms with van der Waals surface area (Å²) in [5, 5.41) is 25.3. The van der Waals surface area contributed by atoms with Crippen LogP contribution >= 0.6 is 0 Å². The molecule has 0 spiro atoms. The topological polar surface area (TPSA) is 97.2 Å². The molecule has 17 heavy (non-hydrogen) atoms. The number of hydrogen-bond donors (Lipinski definition) is 4. The standard InChI is InChI=1S/C5H11N3O2.C5H11NO/c9-5-1-3-8(4-2-5)6-7-10;7-5-1-3-6-4-2-5/h5,9H,1-4H2,(H,6,10);5-7H,1-4H2. The average Bonchev–Trinajstić information content (AvgIpc) is 2.34. The van der Waals surface area contributed by atoms with Crippen LogP contribution < -0.4 is 10.9 Å². The highest BCUT2D eigenvalue weighted by Crippen LogP contribution is 2.06. The van der Waals surface area contributed by atoms with Crippen molar-refractivity contribution >= 4 is 0 Å². The average molecular weight is 246 g/mol. The summed E-state index contributed by atoms with van der Waals surface area (Å²) in [7, 11) is 0. The van der Waals surface area contributed by atoms with Crippen molar-refractivity contribution in [1.29, 1.82) is 0 Å². The Bertz CT molecular complexity index is 204. The first-order valence-electron chi connectivity index (χ1n) is 6.12. The van der Waals surface area contributed by atoms with E-state index < -0.39 is 0 Å². The number of hydrogen-bond acceptors (Lipinski definition) is 6. The van der Waals surface area contributed by atoms with Gasteiger partial charge in [0.05, 0.1) is 17.5 Å². The number of nitrogens with zero attached hydrogens (tertiary/aromatic N) is 2. The maximum absolute atomic E-state index is 9.69. The molecule has 2 aliphatic rings. The van der Waals surface area contributed by atoms with Crippen LogP contribution in [0.15, 0.2) is 5.29 Å².